The zero-order valence-corrected chi connectivity index (χ0v) is 10.8. The first kappa shape index (κ1) is 13.0. The molecule has 0 aliphatic heterocycles. The molecule has 1 aliphatic carbocycles. The molecule has 0 atom stereocenters. The third-order valence-electron chi connectivity index (χ3n) is 3.63. The van der Waals surface area contributed by atoms with Crippen LogP contribution in [0.1, 0.15) is 52.4 Å². The van der Waals surface area contributed by atoms with E-state index in [0.717, 1.165) is 12.6 Å². The molecular weight excluding hydrogens is 184 g/mol. The van der Waals surface area contributed by atoms with Crippen molar-refractivity contribution in [1.82, 2.24) is 10.2 Å². The van der Waals surface area contributed by atoms with Crippen LogP contribution in [0.25, 0.3) is 0 Å². The Hall–Kier alpha value is -0.0800. The monoisotopic (exact) mass is 212 g/mol. The second-order valence-electron chi connectivity index (χ2n) is 5.22. The van der Waals surface area contributed by atoms with Crippen LogP contribution in [0.5, 0.6) is 0 Å². The van der Waals surface area contributed by atoms with Crippen LogP contribution in [0.3, 0.4) is 0 Å². The molecule has 0 bridgehead atoms. The molecular formula is C13H28N2. The van der Waals surface area contributed by atoms with Crippen molar-refractivity contribution in [2.75, 3.05) is 20.1 Å². The summed E-state index contributed by atoms with van der Waals surface area (Å²) in [5.74, 6) is 0. The van der Waals surface area contributed by atoms with Gasteiger partial charge in [0.25, 0.3) is 0 Å². The van der Waals surface area contributed by atoms with E-state index in [2.05, 4.69) is 31.1 Å². The molecule has 90 valence electrons. The number of likely N-dealkylation sites (N-methyl/N-ethyl adjacent to an activating group) is 1. The van der Waals surface area contributed by atoms with E-state index in [1.165, 1.54) is 45.1 Å². The normalized spacial score (nSPS) is 19.8. The maximum absolute atomic E-state index is 3.71. The van der Waals surface area contributed by atoms with Gasteiger partial charge in [-0.1, -0.05) is 25.7 Å². The van der Waals surface area contributed by atoms with Crippen molar-refractivity contribution < 1.29 is 0 Å². The van der Waals surface area contributed by atoms with Gasteiger partial charge in [0.1, 0.15) is 0 Å². The fourth-order valence-electron chi connectivity index (χ4n) is 2.19. The smallest absolute Gasteiger partial charge is 0.0107 e. The summed E-state index contributed by atoms with van der Waals surface area (Å²) in [5, 5.41) is 3.71. The van der Waals surface area contributed by atoms with Gasteiger partial charge in [0.15, 0.2) is 0 Å². The molecule has 0 unspecified atom stereocenters. The van der Waals surface area contributed by atoms with Gasteiger partial charge in [0, 0.05) is 25.2 Å². The van der Waals surface area contributed by atoms with E-state index in [4.69, 9.17) is 0 Å². The third kappa shape index (κ3) is 5.53. The number of hydrogen-bond acceptors (Lipinski definition) is 2. The van der Waals surface area contributed by atoms with Crippen LogP contribution in [-0.4, -0.2) is 37.1 Å². The summed E-state index contributed by atoms with van der Waals surface area (Å²) in [7, 11) is 2.21. The lowest BCUT2D eigenvalue weighted by Crippen LogP contribution is -2.37. The summed E-state index contributed by atoms with van der Waals surface area (Å²) in [6.45, 7) is 6.84. The fraction of sp³-hybridized carbons (Fsp3) is 1.00. The lowest BCUT2D eigenvalue weighted by atomic mass is 10.1. The molecule has 0 saturated heterocycles. The van der Waals surface area contributed by atoms with E-state index in [1.807, 2.05) is 0 Å². The highest BCUT2D eigenvalue weighted by molar-refractivity contribution is 4.71. The molecule has 0 amide bonds. The zero-order chi connectivity index (χ0) is 11.1. The molecule has 2 nitrogen and oxygen atoms in total. The van der Waals surface area contributed by atoms with Crippen LogP contribution < -0.4 is 5.32 Å². The van der Waals surface area contributed by atoms with E-state index in [-0.39, 0.29) is 0 Å². The summed E-state index contributed by atoms with van der Waals surface area (Å²) in [4.78, 5) is 2.41. The van der Waals surface area contributed by atoms with Gasteiger partial charge >= 0.3 is 0 Å². The van der Waals surface area contributed by atoms with Gasteiger partial charge < -0.3 is 10.2 Å². The van der Waals surface area contributed by atoms with Crippen molar-refractivity contribution >= 4 is 0 Å². The van der Waals surface area contributed by atoms with Gasteiger partial charge in [-0.25, -0.2) is 0 Å². The summed E-state index contributed by atoms with van der Waals surface area (Å²) in [5.41, 5.74) is 0. The van der Waals surface area contributed by atoms with Crippen LogP contribution in [0.4, 0.5) is 0 Å². The van der Waals surface area contributed by atoms with Crippen molar-refractivity contribution in [2.45, 2.75) is 64.5 Å². The van der Waals surface area contributed by atoms with Gasteiger partial charge in [0.2, 0.25) is 0 Å². The molecule has 1 fully saturated rings. The van der Waals surface area contributed by atoms with Gasteiger partial charge in [-0.2, -0.15) is 0 Å². The highest BCUT2D eigenvalue weighted by Crippen LogP contribution is 2.16. The Labute approximate surface area is 95.4 Å². The maximum atomic E-state index is 3.71. The van der Waals surface area contributed by atoms with Crippen LogP contribution in [0.2, 0.25) is 0 Å². The predicted octanol–water partition coefficient (Wildman–Crippen LogP) is 2.64. The van der Waals surface area contributed by atoms with Crippen molar-refractivity contribution in [1.29, 1.82) is 0 Å². The number of nitrogens with zero attached hydrogens (tertiary/aromatic N) is 1. The van der Waals surface area contributed by atoms with Crippen LogP contribution in [-0.2, 0) is 0 Å². The fourth-order valence-corrected chi connectivity index (χ4v) is 2.19. The van der Waals surface area contributed by atoms with Gasteiger partial charge in [-0.15, -0.1) is 0 Å². The molecule has 1 aliphatic rings. The number of hydrogen-bond donors (Lipinski definition) is 1. The summed E-state index contributed by atoms with van der Waals surface area (Å²) in [6, 6.07) is 1.47. The van der Waals surface area contributed by atoms with E-state index in [9.17, 15) is 0 Å². The van der Waals surface area contributed by atoms with Crippen LogP contribution in [0, 0.1) is 0 Å². The molecule has 0 aromatic carbocycles. The average molecular weight is 212 g/mol. The largest absolute Gasteiger partial charge is 0.313 e. The Morgan fingerprint density at radius 1 is 1.13 bits per heavy atom. The minimum absolute atomic E-state index is 0.668. The SMILES string of the molecule is CC(C)N(C)CCNC1CCCCCC1. The molecule has 0 spiro atoms. The van der Waals surface area contributed by atoms with Crippen molar-refractivity contribution in [3.63, 3.8) is 0 Å². The van der Waals surface area contributed by atoms with Crippen molar-refractivity contribution in [2.24, 2.45) is 0 Å². The van der Waals surface area contributed by atoms with E-state index in [0.29, 0.717) is 6.04 Å². The minimum Gasteiger partial charge on any atom is -0.313 e. The van der Waals surface area contributed by atoms with Crippen molar-refractivity contribution in [3.8, 4) is 0 Å². The summed E-state index contributed by atoms with van der Waals surface area (Å²) < 4.78 is 0. The minimum atomic E-state index is 0.668. The Morgan fingerprint density at radius 2 is 1.73 bits per heavy atom. The van der Waals surface area contributed by atoms with E-state index in [1.54, 1.807) is 0 Å². The average Bonchev–Trinajstić information content (AvgIpc) is 2.46. The first-order valence-corrected chi connectivity index (χ1v) is 6.64. The molecule has 0 radical (unpaired) electrons. The molecule has 2 heteroatoms. The third-order valence-corrected chi connectivity index (χ3v) is 3.63. The highest BCUT2D eigenvalue weighted by Gasteiger charge is 2.11. The second kappa shape index (κ2) is 7.24. The lowest BCUT2D eigenvalue weighted by molar-refractivity contribution is 0.266. The Morgan fingerprint density at radius 3 is 2.27 bits per heavy atom. The first-order valence-electron chi connectivity index (χ1n) is 6.64. The van der Waals surface area contributed by atoms with Gasteiger partial charge in [-0.05, 0) is 33.7 Å². The van der Waals surface area contributed by atoms with E-state index < -0.39 is 0 Å². The topological polar surface area (TPSA) is 15.3 Å². The first-order chi connectivity index (χ1) is 7.20. The molecule has 0 heterocycles. The highest BCUT2D eigenvalue weighted by atomic mass is 15.1. The Bertz CT molecular complexity index is 149. The molecule has 0 aromatic heterocycles. The predicted molar refractivity (Wildman–Crippen MR) is 67.3 cm³/mol. The van der Waals surface area contributed by atoms with E-state index >= 15 is 0 Å². The quantitative estimate of drug-likeness (QED) is 0.705. The second-order valence-corrected chi connectivity index (χ2v) is 5.22. The number of rotatable bonds is 5. The molecule has 15 heavy (non-hydrogen) atoms. The molecule has 0 aromatic rings. The van der Waals surface area contributed by atoms with Crippen LogP contribution >= 0.6 is 0 Å². The van der Waals surface area contributed by atoms with Gasteiger partial charge in [-0.3, -0.25) is 0 Å². The molecule has 1 saturated carbocycles. The number of nitrogens with one attached hydrogen (secondary N) is 1. The Balaban J connectivity index is 2.07. The molecule has 1 N–H and O–H groups in total. The lowest BCUT2D eigenvalue weighted by Gasteiger charge is -2.23. The maximum Gasteiger partial charge on any atom is 0.0107 e. The summed E-state index contributed by atoms with van der Waals surface area (Å²) >= 11 is 0. The van der Waals surface area contributed by atoms with Gasteiger partial charge in [0.05, 0.1) is 0 Å². The molecule has 1 rings (SSSR count). The van der Waals surface area contributed by atoms with Crippen molar-refractivity contribution in [3.05, 3.63) is 0 Å². The van der Waals surface area contributed by atoms with Crippen LogP contribution in [0.15, 0.2) is 0 Å². The zero-order valence-electron chi connectivity index (χ0n) is 10.8. The summed E-state index contributed by atoms with van der Waals surface area (Å²) in [6.07, 6.45) is 8.54. The Kier molecular flexibility index (Phi) is 6.26. The standard InChI is InChI=1S/C13H28N2/c1-12(2)15(3)11-10-14-13-8-6-4-5-7-9-13/h12-14H,4-11H2,1-3H3.